The Hall–Kier alpha value is -1.96. The van der Waals surface area contributed by atoms with Gasteiger partial charge in [-0.15, -0.1) is 0 Å². The quantitative estimate of drug-likeness (QED) is 0.627. The number of fused-ring (bicyclic) bond motifs is 1. The van der Waals surface area contributed by atoms with Crippen molar-refractivity contribution in [3.8, 4) is 0 Å². The lowest BCUT2D eigenvalue weighted by Gasteiger charge is -1.93. The molecule has 0 amide bonds. The molecule has 17 heavy (non-hydrogen) atoms. The SMILES string of the molecule is C/C=C\CC=Cc1c(C)oc2cc(N)ccc12. The van der Waals surface area contributed by atoms with E-state index in [9.17, 15) is 0 Å². The summed E-state index contributed by atoms with van der Waals surface area (Å²) in [6, 6.07) is 5.78. The largest absolute Gasteiger partial charge is 0.461 e. The van der Waals surface area contributed by atoms with Gasteiger partial charge in [0.05, 0.1) is 0 Å². The van der Waals surface area contributed by atoms with Crippen molar-refractivity contribution in [3.05, 3.63) is 47.8 Å². The van der Waals surface area contributed by atoms with Crippen molar-refractivity contribution in [2.75, 3.05) is 5.73 Å². The molecule has 1 aromatic heterocycles. The van der Waals surface area contributed by atoms with Crippen molar-refractivity contribution in [1.82, 2.24) is 0 Å². The van der Waals surface area contributed by atoms with E-state index in [0.717, 1.165) is 34.4 Å². The van der Waals surface area contributed by atoms with E-state index in [1.54, 1.807) is 0 Å². The van der Waals surface area contributed by atoms with E-state index in [4.69, 9.17) is 10.2 Å². The molecular formula is C15H17NO. The Morgan fingerprint density at radius 1 is 1.29 bits per heavy atom. The number of aryl methyl sites for hydroxylation is 1. The van der Waals surface area contributed by atoms with Crippen LogP contribution in [-0.2, 0) is 0 Å². The van der Waals surface area contributed by atoms with Crippen molar-refractivity contribution in [2.24, 2.45) is 0 Å². The minimum absolute atomic E-state index is 0.732. The first-order valence-corrected chi connectivity index (χ1v) is 5.78. The van der Waals surface area contributed by atoms with Gasteiger partial charge in [0.25, 0.3) is 0 Å². The van der Waals surface area contributed by atoms with Crippen LogP contribution in [-0.4, -0.2) is 0 Å². The smallest absolute Gasteiger partial charge is 0.136 e. The Balaban J connectivity index is 2.39. The second kappa shape index (κ2) is 4.91. The molecule has 2 N–H and O–H groups in total. The van der Waals surface area contributed by atoms with Gasteiger partial charge in [-0.3, -0.25) is 0 Å². The predicted molar refractivity (Wildman–Crippen MR) is 73.8 cm³/mol. The minimum Gasteiger partial charge on any atom is -0.461 e. The van der Waals surface area contributed by atoms with Crippen LogP contribution < -0.4 is 5.73 Å². The first kappa shape index (κ1) is 11.5. The first-order valence-electron chi connectivity index (χ1n) is 5.78. The molecule has 0 unspecified atom stereocenters. The zero-order valence-electron chi connectivity index (χ0n) is 10.2. The van der Waals surface area contributed by atoms with E-state index in [1.807, 2.05) is 38.1 Å². The van der Waals surface area contributed by atoms with Gasteiger partial charge in [0.15, 0.2) is 0 Å². The fourth-order valence-electron chi connectivity index (χ4n) is 1.86. The lowest BCUT2D eigenvalue weighted by atomic mass is 10.1. The summed E-state index contributed by atoms with van der Waals surface area (Å²) in [6.07, 6.45) is 9.35. The van der Waals surface area contributed by atoms with Gasteiger partial charge >= 0.3 is 0 Å². The van der Waals surface area contributed by atoms with Crippen LogP contribution in [0.15, 0.2) is 40.8 Å². The van der Waals surface area contributed by atoms with E-state index >= 15 is 0 Å². The van der Waals surface area contributed by atoms with Gasteiger partial charge in [-0.1, -0.05) is 24.3 Å². The summed E-state index contributed by atoms with van der Waals surface area (Å²) in [4.78, 5) is 0. The summed E-state index contributed by atoms with van der Waals surface area (Å²) in [5.74, 6) is 0.933. The molecule has 0 aliphatic carbocycles. The summed E-state index contributed by atoms with van der Waals surface area (Å²) < 4.78 is 5.69. The van der Waals surface area contributed by atoms with E-state index < -0.39 is 0 Å². The average molecular weight is 227 g/mol. The van der Waals surface area contributed by atoms with Gasteiger partial charge in [-0.2, -0.15) is 0 Å². The summed E-state index contributed by atoms with van der Waals surface area (Å²) >= 11 is 0. The molecule has 0 spiro atoms. The third-order valence-electron chi connectivity index (χ3n) is 2.73. The molecule has 2 rings (SSSR count). The second-order valence-electron chi connectivity index (χ2n) is 4.03. The Labute approximate surface area is 101 Å². The highest BCUT2D eigenvalue weighted by molar-refractivity contribution is 5.90. The van der Waals surface area contributed by atoms with Crippen molar-refractivity contribution >= 4 is 22.7 Å². The Bertz CT molecular complexity index is 576. The van der Waals surface area contributed by atoms with Gasteiger partial charge in [0, 0.05) is 22.7 Å². The molecule has 0 bridgehead atoms. The highest BCUT2D eigenvalue weighted by Crippen LogP contribution is 2.28. The number of allylic oxidation sites excluding steroid dienone is 3. The van der Waals surface area contributed by atoms with Crippen LogP contribution >= 0.6 is 0 Å². The molecule has 0 atom stereocenters. The normalized spacial score (nSPS) is 12.1. The molecule has 0 saturated carbocycles. The highest BCUT2D eigenvalue weighted by atomic mass is 16.3. The maximum atomic E-state index is 5.74. The Kier molecular flexibility index (Phi) is 3.33. The number of nitrogen functional groups attached to an aromatic ring is 1. The average Bonchev–Trinajstić information content (AvgIpc) is 2.60. The topological polar surface area (TPSA) is 39.2 Å². The van der Waals surface area contributed by atoms with E-state index in [2.05, 4.69) is 18.2 Å². The number of hydrogen-bond donors (Lipinski definition) is 1. The summed E-state index contributed by atoms with van der Waals surface area (Å²) in [5, 5.41) is 1.12. The fourth-order valence-corrected chi connectivity index (χ4v) is 1.86. The molecule has 0 aliphatic rings. The van der Waals surface area contributed by atoms with Crippen molar-refractivity contribution < 1.29 is 4.42 Å². The van der Waals surface area contributed by atoms with Crippen LogP contribution in [0.2, 0.25) is 0 Å². The van der Waals surface area contributed by atoms with Crippen LogP contribution in [0.4, 0.5) is 5.69 Å². The van der Waals surface area contributed by atoms with Crippen molar-refractivity contribution in [3.63, 3.8) is 0 Å². The number of nitrogens with two attached hydrogens (primary N) is 1. The molecule has 1 heterocycles. The van der Waals surface area contributed by atoms with E-state index in [1.165, 1.54) is 0 Å². The number of benzene rings is 1. The maximum absolute atomic E-state index is 5.74. The fraction of sp³-hybridized carbons (Fsp3) is 0.200. The third-order valence-corrected chi connectivity index (χ3v) is 2.73. The third kappa shape index (κ3) is 2.41. The number of furan rings is 1. The second-order valence-corrected chi connectivity index (χ2v) is 4.03. The molecule has 88 valence electrons. The molecule has 2 heteroatoms. The van der Waals surface area contributed by atoms with Gasteiger partial charge < -0.3 is 10.2 Å². The molecule has 0 aliphatic heterocycles. The van der Waals surface area contributed by atoms with Gasteiger partial charge in [0.2, 0.25) is 0 Å². The minimum atomic E-state index is 0.732. The van der Waals surface area contributed by atoms with Gasteiger partial charge in [0.1, 0.15) is 11.3 Å². The van der Waals surface area contributed by atoms with Gasteiger partial charge in [-0.05, 0) is 32.4 Å². The summed E-state index contributed by atoms with van der Waals surface area (Å²) in [5.41, 5.74) is 8.47. The molecule has 0 radical (unpaired) electrons. The summed E-state index contributed by atoms with van der Waals surface area (Å²) in [6.45, 7) is 4.00. The van der Waals surface area contributed by atoms with E-state index in [-0.39, 0.29) is 0 Å². The molecule has 2 aromatic rings. The molecular weight excluding hydrogens is 210 g/mol. The number of anilines is 1. The highest BCUT2D eigenvalue weighted by Gasteiger charge is 2.07. The van der Waals surface area contributed by atoms with Crippen molar-refractivity contribution in [2.45, 2.75) is 20.3 Å². The van der Waals surface area contributed by atoms with Crippen LogP contribution in [0.25, 0.3) is 17.0 Å². The maximum Gasteiger partial charge on any atom is 0.136 e. The van der Waals surface area contributed by atoms with Gasteiger partial charge in [-0.25, -0.2) is 0 Å². The zero-order chi connectivity index (χ0) is 12.3. The molecule has 2 nitrogen and oxygen atoms in total. The van der Waals surface area contributed by atoms with Crippen molar-refractivity contribution in [1.29, 1.82) is 0 Å². The Morgan fingerprint density at radius 3 is 2.88 bits per heavy atom. The molecule has 0 fully saturated rings. The van der Waals surface area contributed by atoms with Crippen LogP contribution in [0.5, 0.6) is 0 Å². The van der Waals surface area contributed by atoms with Crippen LogP contribution in [0, 0.1) is 6.92 Å². The Morgan fingerprint density at radius 2 is 2.12 bits per heavy atom. The predicted octanol–water partition coefficient (Wildman–Crippen LogP) is 4.30. The molecule has 1 aromatic carbocycles. The number of hydrogen-bond acceptors (Lipinski definition) is 2. The van der Waals surface area contributed by atoms with E-state index in [0.29, 0.717) is 0 Å². The standard InChI is InChI=1S/C15H17NO/c1-3-4-5-6-7-13-11(2)17-15-10-12(16)8-9-14(13)15/h3-4,6-10H,5,16H2,1-2H3/b4-3-,7-6?. The zero-order valence-corrected chi connectivity index (χ0v) is 10.2. The first-order chi connectivity index (χ1) is 8.22. The van der Waals surface area contributed by atoms with Crippen LogP contribution in [0.3, 0.4) is 0 Å². The lowest BCUT2D eigenvalue weighted by Crippen LogP contribution is -1.81. The molecule has 0 saturated heterocycles. The lowest BCUT2D eigenvalue weighted by molar-refractivity contribution is 0.577. The summed E-state index contributed by atoms with van der Waals surface area (Å²) in [7, 11) is 0. The monoisotopic (exact) mass is 227 g/mol. The van der Waals surface area contributed by atoms with Crippen LogP contribution in [0.1, 0.15) is 24.7 Å². The number of rotatable bonds is 3.